The quantitative estimate of drug-likeness (QED) is 0.837. The van der Waals surface area contributed by atoms with E-state index in [1.807, 2.05) is 4.90 Å². The van der Waals surface area contributed by atoms with E-state index >= 15 is 4.39 Å². The monoisotopic (exact) mass is 305 g/mol. The second-order valence-corrected chi connectivity index (χ2v) is 6.65. The number of hydrogen-bond donors (Lipinski definition) is 1. The molecule has 2 rings (SSSR count). The zero-order valence-corrected chi connectivity index (χ0v) is 13.5. The van der Waals surface area contributed by atoms with Crippen LogP contribution in [0.3, 0.4) is 0 Å². The van der Waals surface area contributed by atoms with E-state index < -0.39 is 29.9 Å². The normalized spacial score (nSPS) is 32.6. The van der Waals surface area contributed by atoms with Crippen molar-refractivity contribution < 1.29 is 23.7 Å². The molecule has 0 saturated carbocycles. The molecule has 6 heteroatoms. The Hall–Kier alpha value is -0.270. The van der Waals surface area contributed by atoms with Gasteiger partial charge in [-0.2, -0.15) is 0 Å². The number of rotatable bonds is 5. The molecule has 2 saturated heterocycles. The summed E-state index contributed by atoms with van der Waals surface area (Å²) in [6.45, 7) is 6.66. The lowest BCUT2D eigenvalue weighted by molar-refractivity contribution is -0.204. The molecule has 0 aromatic heterocycles. The van der Waals surface area contributed by atoms with Crippen LogP contribution in [0.5, 0.6) is 0 Å². The Morgan fingerprint density at radius 2 is 1.95 bits per heavy atom. The van der Waals surface area contributed by atoms with Crippen molar-refractivity contribution in [1.29, 1.82) is 0 Å². The topological polar surface area (TPSA) is 51.2 Å². The molecule has 0 aromatic rings. The molecule has 2 aliphatic rings. The largest absolute Gasteiger partial charge is 0.387 e. The fourth-order valence-electron chi connectivity index (χ4n) is 3.27. The summed E-state index contributed by atoms with van der Waals surface area (Å²) in [5.41, 5.74) is -1.93. The first-order valence-corrected chi connectivity index (χ1v) is 7.73. The highest BCUT2D eigenvalue weighted by Crippen LogP contribution is 2.34. The molecule has 0 bridgehead atoms. The molecule has 0 spiro atoms. The van der Waals surface area contributed by atoms with Crippen molar-refractivity contribution in [2.45, 2.75) is 69.9 Å². The summed E-state index contributed by atoms with van der Waals surface area (Å²) < 4.78 is 31.7. The standard InChI is InChI=1S/C15H28FNO4/c1-14(2)20-10-11(21-14)12(18)15(3,16)13(19-4)17-8-6-5-7-9-17/h11-13,18H,5-10H2,1-4H3/t11-,12-,13-,15-/m1/s1. The number of aliphatic hydroxyl groups excluding tert-OH is 1. The molecular weight excluding hydrogens is 277 g/mol. The van der Waals surface area contributed by atoms with Crippen molar-refractivity contribution in [2.24, 2.45) is 0 Å². The van der Waals surface area contributed by atoms with Gasteiger partial charge in [-0.1, -0.05) is 6.42 Å². The highest BCUT2D eigenvalue weighted by atomic mass is 19.1. The molecule has 1 N–H and O–H groups in total. The Labute approximate surface area is 126 Å². The minimum Gasteiger partial charge on any atom is -0.387 e. The Balaban J connectivity index is 2.06. The van der Waals surface area contributed by atoms with Crippen molar-refractivity contribution in [3.8, 4) is 0 Å². The SMILES string of the molecule is CO[C@@H](N1CCCCC1)[C@](C)(F)[C@H](O)[C@H]1COC(C)(C)O1. The maximum atomic E-state index is 15.3. The molecule has 0 amide bonds. The smallest absolute Gasteiger partial charge is 0.175 e. The number of methoxy groups -OCH3 is 1. The minimum absolute atomic E-state index is 0.185. The number of alkyl halides is 1. The van der Waals surface area contributed by atoms with Crippen molar-refractivity contribution in [2.75, 3.05) is 26.8 Å². The van der Waals surface area contributed by atoms with Gasteiger partial charge in [0.2, 0.25) is 0 Å². The summed E-state index contributed by atoms with van der Waals surface area (Å²) in [5.74, 6) is -0.782. The molecule has 2 aliphatic heterocycles. The summed E-state index contributed by atoms with van der Waals surface area (Å²) in [7, 11) is 1.49. The first kappa shape index (κ1) is 17.1. The van der Waals surface area contributed by atoms with Crippen molar-refractivity contribution in [3.05, 3.63) is 0 Å². The van der Waals surface area contributed by atoms with Gasteiger partial charge in [0.05, 0.1) is 6.61 Å². The Morgan fingerprint density at radius 1 is 1.33 bits per heavy atom. The average Bonchev–Trinajstić information content (AvgIpc) is 2.80. The van der Waals surface area contributed by atoms with Gasteiger partial charge < -0.3 is 19.3 Å². The number of hydrogen-bond acceptors (Lipinski definition) is 5. The number of ether oxygens (including phenoxy) is 3. The highest BCUT2D eigenvalue weighted by molar-refractivity contribution is 4.96. The lowest BCUT2D eigenvalue weighted by Crippen LogP contribution is -2.60. The predicted octanol–water partition coefficient (Wildman–Crippen LogP) is 1.69. The van der Waals surface area contributed by atoms with E-state index in [2.05, 4.69) is 0 Å². The van der Waals surface area contributed by atoms with E-state index in [-0.39, 0.29) is 6.61 Å². The van der Waals surface area contributed by atoms with Crippen LogP contribution in [-0.2, 0) is 14.2 Å². The molecule has 0 aliphatic carbocycles. The maximum Gasteiger partial charge on any atom is 0.175 e. The van der Waals surface area contributed by atoms with Gasteiger partial charge in [0.15, 0.2) is 11.5 Å². The molecular formula is C15H28FNO4. The number of halogens is 1. The fourth-order valence-corrected chi connectivity index (χ4v) is 3.27. The van der Waals surface area contributed by atoms with Crippen LogP contribution in [-0.4, -0.2) is 66.7 Å². The van der Waals surface area contributed by atoms with E-state index in [1.165, 1.54) is 14.0 Å². The third-order valence-corrected chi connectivity index (χ3v) is 4.39. The van der Waals surface area contributed by atoms with Gasteiger partial charge in [-0.05, 0) is 33.6 Å². The lowest BCUT2D eigenvalue weighted by Gasteiger charge is -2.42. The summed E-state index contributed by atoms with van der Waals surface area (Å²) in [6, 6.07) is 0. The van der Waals surface area contributed by atoms with Crippen LogP contribution in [0.15, 0.2) is 0 Å². The van der Waals surface area contributed by atoms with Crippen LogP contribution >= 0.6 is 0 Å². The third kappa shape index (κ3) is 3.74. The van der Waals surface area contributed by atoms with E-state index in [0.717, 1.165) is 32.4 Å². The van der Waals surface area contributed by atoms with E-state index in [1.54, 1.807) is 13.8 Å². The van der Waals surface area contributed by atoms with Crippen LogP contribution in [0, 0.1) is 0 Å². The lowest BCUT2D eigenvalue weighted by atomic mass is 9.92. The Morgan fingerprint density at radius 3 is 2.43 bits per heavy atom. The highest BCUT2D eigenvalue weighted by Gasteiger charge is 2.51. The molecule has 2 fully saturated rings. The van der Waals surface area contributed by atoms with Crippen LogP contribution in [0.25, 0.3) is 0 Å². The Bertz CT molecular complexity index is 345. The fraction of sp³-hybridized carbons (Fsp3) is 1.00. The van der Waals surface area contributed by atoms with E-state index in [9.17, 15) is 5.11 Å². The summed E-state index contributed by atoms with van der Waals surface area (Å²) in [5, 5.41) is 10.5. The molecule has 0 unspecified atom stereocenters. The van der Waals surface area contributed by atoms with Crippen molar-refractivity contribution >= 4 is 0 Å². The summed E-state index contributed by atoms with van der Waals surface area (Å²) >= 11 is 0. The van der Waals surface area contributed by atoms with Gasteiger partial charge in [0, 0.05) is 20.2 Å². The first-order chi connectivity index (χ1) is 9.78. The third-order valence-electron chi connectivity index (χ3n) is 4.39. The molecule has 124 valence electrons. The van der Waals surface area contributed by atoms with Crippen LogP contribution < -0.4 is 0 Å². The van der Waals surface area contributed by atoms with Gasteiger partial charge in [0.1, 0.15) is 18.4 Å². The van der Waals surface area contributed by atoms with Gasteiger partial charge in [-0.15, -0.1) is 0 Å². The van der Waals surface area contributed by atoms with Gasteiger partial charge >= 0.3 is 0 Å². The second kappa shape index (κ2) is 6.46. The molecule has 2 heterocycles. The van der Waals surface area contributed by atoms with Crippen LogP contribution in [0.4, 0.5) is 4.39 Å². The first-order valence-electron chi connectivity index (χ1n) is 7.73. The van der Waals surface area contributed by atoms with E-state index in [4.69, 9.17) is 14.2 Å². The average molecular weight is 305 g/mol. The number of nitrogens with zero attached hydrogens (tertiary/aromatic N) is 1. The molecule has 5 nitrogen and oxygen atoms in total. The molecule has 4 atom stereocenters. The zero-order valence-electron chi connectivity index (χ0n) is 13.5. The zero-order chi connectivity index (χ0) is 15.7. The van der Waals surface area contributed by atoms with Gasteiger partial charge in [0.25, 0.3) is 0 Å². The number of likely N-dealkylation sites (tertiary alicyclic amines) is 1. The van der Waals surface area contributed by atoms with Crippen LogP contribution in [0.2, 0.25) is 0 Å². The molecule has 0 aromatic carbocycles. The molecule has 0 radical (unpaired) electrons. The summed E-state index contributed by atoms with van der Waals surface area (Å²) in [6.07, 6.45) is 0.458. The summed E-state index contributed by atoms with van der Waals surface area (Å²) in [4.78, 5) is 1.97. The predicted molar refractivity (Wildman–Crippen MR) is 76.6 cm³/mol. The molecule has 21 heavy (non-hydrogen) atoms. The van der Waals surface area contributed by atoms with Crippen molar-refractivity contribution in [3.63, 3.8) is 0 Å². The Kier molecular flexibility index (Phi) is 5.26. The second-order valence-electron chi connectivity index (χ2n) is 6.65. The number of piperidine rings is 1. The van der Waals surface area contributed by atoms with Crippen molar-refractivity contribution in [1.82, 2.24) is 4.90 Å². The van der Waals surface area contributed by atoms with Gasteiger partial charge in [-0.25, -0.2) is 4.39 Å². The van der Waals surface area contributed by atoms with E-state index in [0.29, 0.717) is 0 Å². The van der Waals surface area contributed by atoms with Gasteiger partial charge in [-0.3, -0.25) is 4.90 Å². The minimum atomic E-state index is -1.93. The number of aliphatic hydroxyl groups is 1. The van der Waals surface area contributed by atoms with Crippen LogP contribution in [0.1, 0.15) is 40.0 Å². The maximum absolute atomic E-state index is 15.3.